The molecule has 1 aliphatic carbocycles. The molecule has 3 rings (SSSR count). The predicted molar refractivity (Wildman–Crippen MR) is 60.3 cm³/mol. The third-order valence-electron chi connectivity index (χ3n) is 3.44. The molecule has 15 heavy (non-hydrogen) atoms. The molecule has 0 saturated carbocycles. The number of ether oxygens (including phenoxy) is 1. The molecule has 2 heteroatoms. The van der Waals surface area contributed by atoms with Crippen LogP contribution >= 0.6 is 0 Å². The second-order valence-corrected chi connectivity index (χ2v) is 4.59. The zero-order chi connectivity index (χ0) is 10.3. The van der Waals surface area contributed by atoms with E-state index >= 15 is 0 Å². The lowest BCUT2D eigenvalue weighted by Crippen LogP contribution is -2.35. The molecule has 1 heterocycles. The minimum atomic E-state index is 0.0540. The fraction of sp³-hybridized carbons (Fsp3) is 0.462. The lowest BCUT2D eigenvalue weighted by atomic mass is 9.79. The Hall–Kier alpha value is -1.31. The first-order valence-corrected chi connectivity index (χ1v) is 5.54. The highest BCUT2D eigenvalue weighted by atomic mass is 16.5. The molecular formula is C13H15NO. The van der Waals surface area contributed by atoms with Gasteiger partial charge in [0, 0.05) is 13.3 Å². The van der Waals surface area contributed by atoms with Gasteiger partial charge in [0.1, 0.15) is 12.1 Å². The van der Waals surface area contributed by atoms with E-state index in [0.29, 0.717) is 0 Å². The van der Waals surface area contributed by atoms with Gasteiger partial charge in [0.15, 0.2) is 5.90 Å². The Bertz CT molecular complexity index is 424. The summed E-state index contributed by atoms with van der Waals surface area (Å²) in [7, 11) is 0. The Morgan fingerprint density at radius 1 is 1.27 bits per heavy atom. The van der Waals surface area contributed by atoms with Gasteiger partial charge in [0.05, 0.1) is 0 Å². The lowest BCUT2D eigenvalue weighted by Gasteiger charge is -2.30. The summed E-state index contributed by atoms with van der Waals surface area (Å²) in [6, 6.07) is 8.69. The van der Waals surface area contributed by atoms with Gasteiger partial charge in [-0.1, -0.05) is 24.3 Å². The van der Waals surface area contributed by atoms with Crippen LogP contribution in [0.15, 0.2) is 29.3 Å². The van der Waals surface area contributed by atoms with Crippen molar-refractivity contribution in [1.29, 1.82) is 0 Å². The minimum absolute atomic E-state index is 0.0540. The molecule has 1 aromatic carbocycles. The standard InChI is InChI=1S/C13H15NO/c1-10-14-13(9-15-10)7-6-11-4-2-3-5-12(11)8-13/h2-5H,6-9H2,1H3. The number of benzene rings is 1. The molecule has 1 spiro atoms. The maximum Gasteiger partial charge on any atom is 0.180 e. The van der Waals surface area contributed by atoms with Crippen LogP contribution in [-0.2, 0) is 17.6 Å². The Balaban J connectivity index is 1.95. The zero-order valence-electron chi connectivity index (χ0n) is 8.99. The summed E-state index contributed by atoms with van der Waals surface area (Å²) >= 11 is 0. The highest BCUT2D eigenvalue weighted by Gasteiger charge is 2.38. The van der Waals surface area contributed by atoms with Gasteiger partial charge in [-0.05, 0) is 24.0 Å². The third-order valence-corrected chi connectivity index (χ3v) is 3.44. The predicted octanol–water partition coefficient (Wildman–Crippen LogP) is 2.36. The summed E-state index contributed by atoms with van der Waals surface area (Å²) in [5.41, 5.74) is 2.99. The average Bonchev–Trinajstić information content (AvgIpc) is 2.60. The van der Waals surface area contributed by atoms with Gasteiger partial charge in [0.25, 0.3) is 0 Å². The normalized spacial score (nSPS) is 28.5. The molecule has 0 radical (unpaired) electrons. The van der Waals surface area contributed by atoms with Crippen molar-refractivity contribution in [2.45, 2.75) is 31.7 Å². The van der Waals surface area contributed by atoms with Crippen molar-refractivity contribution >= 4 is 5.90 Å². The molecule has 1 atom stereocenters. The quantitative estimate of drug-likeness (QED) is 0.631. The van der Waals surface area contributed by atoms with Crippen LogP contribution in [0.4, 0.5) is 0 Å². The summed E-state index contributed by atoms with van der Waals surface area (Å²) in [6.07, 6.45) is 3.30. The molecule has 78 valence electrons. The fourth-order valence-corrected chi connectivity index (χ4v) is 2.64. The van der Waals surface area contributed by atoms with Gasteiger partial charge in [0.2, 0.25) is 0 Å². The smallest absolute Gasteiger partial charge is 0.180 e. The van der Waals surface area contributed by atoms with Crippen LogP contribution in [0.2, 0.25) is 0 Å². The largest absolute Gasteiger partial charge is 0.479 e. The van der Waals surface area contributed by atoms with Crippen LogP contribution in [0.25, 0.3) is 0 Å². The summed E-state index contributed by atoms with van der Waals surface area (Å²) in [6.45, 7) is 2.72. The third kappa shape index (κ3) is 1.44. The van der Waals surface area contributed by atoms with Crippen molar-refractivity contribution in [2.24, 2.45) is 4.99 Å². The first-order valence-electron chi connectivity index (χ1n) is 5.54. The molecule has 1 aliphatic heterocycles. The Kier molecular flexibility index (Phi) is 1.84. The molecule has 2 aliphatic rings. The van der Waals surface area contributed by atoms with Gasteiger partial charge >= 0.3 is 0 Å². The summed E-state index contributed by atoms with van der Waals surface area (Å²) in [5, 5.41) is 0. The SMILES string of the molecule is CC1=NC2(CCc3ccccc3C2)CO1. The number of fused-ring (bicyclic) bond motifs is 1. The van der Waals surface area contributed by atoms with Crippen molar-refractivity contribution in [3.05, 3.63) is 35.4 Å². The van der Waals surface area contributed by atoms with E-state index in [1.165, 1.54) is 11.1 Å². The van der Waals surface area contributed by atoms with E-state index in [4.69, 9.17) is 4.74 Å². The van der Waals surface area contributed by atoms with E-state index in [0.717, 1.165) is 31.8 Å². The Morgan fingerprint density at radius 2 is 2.07 bits per heavy atom. The second kappa shape index (κ2) is 3.09. The van der Waals surface area contributed by atoms with Gasteiger partial charge < -0.3 is 4.74 Å². The number of rotatable bonds is 0. The number of aryl methyl sites for hydroxylation is 1. The molecule has 0 amide bonds. The number of aliphatic imine (C=N–C) groups is 1. The Labute approximate surface area is 90.0 Å². The number of hydrogen-bond donors (Lipinski definition) is 0. The van der Waals surface area contributed by atoms with E-state index in [-0.39, 0.29) is 5.54 Å². The van der Waals surface area contributed by atoms with E-state index in [2.05, 4.69) is 29.3 Å². The first kappa shape index (κ1) is 8.96. The maximum absolute atomic E-state index is 5.51. The number of hydrogen-bond acceptors (Lipinski definition) is 2. The van der Waals surface area contributed by atoms with E-state index in [9.17, 15) is 0 Å². The van der Waals surface area contributed by atoms with Gasteiger partial charge in [-0.15, -0.1) is 0 Å². The molecule has 1 aromatic rings. The van der Waals surface area contributed by atoms with Gasteiger partial charge in [-0.2, -0.15) is 0 Å². The summed E-state index contributed by atoms with van der Waals surface area (Å²) in [5.74, 6) is 0.856. The first-order chi connectivity index (χ1) is 7.27. The van der Waals surface area contributed by atoms with Crippen molar-refractivity contribution < 1.29 is 4.74 Å². The summed E-state index contributed by atoms with van der Waals surface area (Å²) in [4.78, 5) is 4.67. The molecular weight excluding hydrogens is 186 g/mol. The van der Waals surface area contributed by atoms with Crippen LogP contribution in [-0.4, -0.2) is 18.0 Å². The lowest BCUT2D eigenvalue weighted by molar-refractivity contribution is 0.236. The van der Waals surface area contributed by atoms with Crippen molar-refractivity contribution in [3.63, 3.8) is 0 Å². The van der Waals surface area contributed by atoms with Crippen molar-refractivity contribution in [2.75, 3.05) is 6.61 Å². The van der Waals surface area contributed by atoms with Crippen LogP contribution in [0.5, 0.6) is 0 Å². The monoisotopic (exact) mass is 201 g/mol. The molecule has 1 unspecified atom stereocenters. The maximum atomic E-state index is 5.51. The van der Waals surface area contributed by atoms with Crippen LogP contribution in [0, 0.1) is 0 Å². The summed E-state index contributed by atoms with van der Waals surface area (Å²) < 4.78 is 5.51. The highest BCUT2D eigenvalue weighted by molar-refractivity contribution is 5.75. The molecule has 0 bridgehead atoms. The average molecular weight is 201 g/mol. The van der Waals surface area contributed by atoms with E-state index in [1.54, 1.807) is 0 Å². The van der Waals surface area contributed by atoms with Crippen molar-refractivity contribution in [1.82, 2.24) is 0 Å². The highest BCUT2D eigenvalue weighted by Crippen LogP contribution is 2.34. The van der Waals surface area contributed by atoms with E-state index in [1.807, 2.05) is 6.92 Å². The molecule has 2 nitrogen and oxygen atoms in total. The fourth-order valence-electron chi connectivity index (χ4n) is 2.64. The molecule has 0 fully saturated rings. The second-order valence-electron chi connectivity index (χ2n) is 4.59. The molecule has 0 saturated heterocycles. The van der Waals surface area contributed by atoms with Gasteiger partial charge in [-0.25, -0.2) is 4.99 Å². The number of nitrogens with zero attached hydrogens (tertiary/aromatic N) is 1. The molecule has 0 N–H and O–H groups in total. The Morgan fingerprint density at radius 3 is 2.80 bits per heavy atom. The van der Waals surface area contributed by atoms with Crippen LogP contribution in [0.3, 0.4) is 0 Å². The van der Waals surface area contributed by atoms with Crippen LogP contribution in [0.1, 0.15) is 24.5 Å². The zero-order valence-corrected chi connectivity index (χ0v) is 8.99. The minimum Gasteiger partial charge on any atom is -0.479 e. The van der Waals surface area contributed by atoms with E-state index < -0.39 is 0 Å². The van der Waals surface area contributed by atoms with Crippen molar-refractivity contribution in [3.8, 4) is 0 Å². The molecule has 0 aromatic heterocycles. The van der Waals surface area contributed by atoms with Crippen LogP contribution < -0.4 is 0 Å². The van der Waals surface area contributed by atoms with Gasteiger partial charge in [-0.3, -0.25) is 0 Å². The topological polar surface area (TPSA) is 21.6 Å².